The summed E-state index contributed by atoms with van der Waals surface area (Å²) >= 11 is 3.08. The van der Waals surface area contributed by atoms with E-state index in [1.807, 2.05) is 6.92 Å². The second-order valence-electron chi connectivity index (χ2n) is 4.50. The smallest absolute Gasteiger partial charge is 0.329 e. The Labute approximate surface area is 119 Å². The van der Waals surface area contributed by atoms with Gasteiger partial charge in [0.15, 0.2) is 0 Å². The van der Waals surface area contributed by atoms with Crippen LogP contribution in [0.1, 0.15) is 37.0 Å². The lowest BCUT2D eigenvalue weighted by Gasteiger charge is -2.25. The molecule has 2 N–H and O–H groups in total. The molecule has 1 unspecified atom stereocenters. The number of halogens is 2. The molecule has 1 aromatic rings. The molecule has 4 nitrogen and oxygen atoms in total. The number of hydrogen-bond acceptors (Lipinski definition) is 2. The van der Waals surface area contributed by atoms with E-state index in [1.165, 1.54) is 19.1 Å². The third-order valence-corrected chi connectivity index (χ3v) is 3.19. The summed E-state index contributed by atoms with van der Waals surface area (Å²) in [4.78, 5) is 23.2. The quantitative estimate of drug-likeness (QED) is 0.871. The minimum atomic E-state index is -1.36. The van der Waals surface area contributed by atoms with E-state index in [0.717, 1.165) is 6.07 Å². The van der Waals surface area contributed by atoms with Gasteiger partial charge in [-0.2, -0.15) is 0 Å². The van der Waals surface area contributed by atoms with E-state index in [2.05, 4.69) is 21.2 Å². The molecule has 19 heavy (non-hydrogen) atoms. The first-order valence-electron chi connectivity index (χ1n) is 5.80. The summed E-state index contributed by atoms with van der Waals surface area (Å²) in [6.07, 6.45) is 0.903. The molecule has 0 aromatic heterocycles. The zero-order valence-corrected chi connectivity index (χ0v) is 12.3. The van der Waals surface area contributed by atoms with E-state index in [1.54, 1.807) is 0 Å². The van der Waals surface area contributed by atoms with Gasteiger partial charge in [0.25, 0.3) is 5.91 Å². The summed E-state index contributed by atoms with van der Waals surface area (Å²) in [7, 11) is 0. The molecule has 0 heterocycles. The van der Waals surface area contributed by atoms with Crippen molar-refractivity contribution in [2.24, 2.45) is 0 Å². The topological polar surface area (TPSA) is 66.4 Å². The fourth-order valence-electron chi connectivity index (χ4n) is 1.73. The fourth-order valence-corrected chi connectivity index (χ4v) is 2.20. The third kappa shape index (κ3) is 4.02. The number of carbonyl (C=O) groups is 2. The molecule has 1 rings (SSSR count). The van der Waals surface area contributed by atoms with E-state index in [4.69, 9.17) is 0 Å². The maximum absolute atomic E-state index is 13.2. The Kier molecular flexibility index (Phi) is 5.05. The first-order valence-corrected chi connectivity index (χ1v) is 6.60. The second kappa shape index (κ2) is 6.14. The molecule has 0 aliphatic rings. The van der Waals surface area contributed by atoms with Crippen LogP contribution in [0.5, 0.6) is 0 Å². The lowest BCUT2D eigenvalue weighted by molar-refractivity contribution is -0.144. The SMILES string of the molecule is CCCC(C)(NC(=O)c1cc(F)cc(Br)c1)C(=O)O. The second-order valence-corrected chi connectivity index (χ2v) is 5.42. The van der Waals surface area contributed by atoms with Gasteiger partial charge in [-0.3, -0.25) is 4.79 Å². The van der Waals surface area contributed by atoms with E-state index < -0.39 is 23.2 Å². The Morgan fingerprint density at radius 3 is 2.53 bits per heavy atom. The molecule has 6 heteroatoms. The molecule has 0 saturated heterocycles. The Morgan fingerprint density at radius 1 is 1.42 bits per heavy atom. The Hall–Kier alpha value is -1.43. The number of hydrogen-bond donors (Lipinski definition) is 2. The van der Waals surface area contributed by atoms with Crippen LogP contribution in [0.2, 0.25) is 0 Å². The van der Waals surface area contributed by atoms with Crippen molar-refractivity contribution in [3.63, 3.8) is 0 Å². The zero-order valence-electron chi connectivity index (χ0n) is 10.7. The van der Waals surface area contributed by atoms with Crippen LogP contribution >= 0.6 is 15.9 Å². The van der Waals surface area contributed by atoms with Gasteiger partial charge in [-0.1, -0.05) is 29.3 Å². The minimum absolute atomic E-state index is 0.0791. The summed E-state index contributed by atoms with van der Waals surface area (Å²) in [5, 5.41) is 11.6. The Morgan fingerprint density at radius 2 is 2.05 bits per heavy atom. The highest BCUT2D eigenvalue weighted by Crippen LogP contribution is 2.17. The van der Waals surface area contributed by atoms with Gasteiger partial charge in [-0.05, 0) is 31.5 Å². The summed E-state index contributed by atoms with van der Waals surface area (Å²) in [5.74, 6) is -2.29. The van der Waals surface area contributed by atoms with Crippen LogP contribution in [-0.4, -0.2) is 22.5 Å². The fraction of sp³-hybridized carbons (Fsp3) is 0.385. The number of rotatable bonds is 5. The molecule has 1 atom stereocenters. The summed E-state index contributed by atoms with van der Waals surface area (Å²) in [5.41, 5.74) is -1.28. The van der Waals surface area contributed by atoms with Gasteiger partial charge in [-0.15, -0.1) is 0 Å². The van der Waals surface area contributed by atoms with Gasteiger partial charge in [0, 0.05) is 10.0 Å². The predicted molar refractivity (Wildman–Crippen MR) is 72.5 cm³/mol. The van der Waals surface area contributed by atoms with Crippen LogP contribution < -0.4 is 5.32 Å². The molecule has 0 bridgehead atoms. The highest BCUT2D eigenvalue weighted by molar-refractivity contribution is 9.10. The summed E-state index contributed by atoms with van der Waals surface area (Å²) in [6, 6.07) is 3.72. The van der Waals surface area contributed by atoms with Crippen molar-refractivity contribution in [2.45, 2.75) is 32.2 Å². The molecular formula is C13H15BrFNO3. The number of carboxylic acid groups (broad SMARTS) is 1. The van der Waals surface area contributed by atoms with Crippen molar-refractivity contribution in [1.29, 1.82) is 0 Å². The van der Waals surface area contributed by atoms with Crippen molar-refractivity contribution >= 4 is 27.8 Å². The Bertz CT molecular complexity index is 486. The van der Waals surface area contributed by atoms with Crippen LogP contribution in [0.25, 0.3) is 0 Å². The minimum Gasteiger partial charge on any atom is -0.480 e. The maximum Gasteiger partial charge on any atom is 0.329 e. The largest absolute Gasteiger partial charge is 0.480 e. The van der Waals surface area contributed by atoms with Crippen molar-refractivity contribution in [3.05, 3.63) is 34.1 Å². The van der Waals surface area contributed by atoms with Gasteiger partial charge in [0.1, 0.15) is 11.4 Å². The Balaban J connectivity index is 2.97. The molecule has 0 saturated carbocycles. The van der Waals surface area contributed by atoms with Crippen molar-refractivity contribution in [1.82, 2.24) is 5.32 Å². The molecule has 0 fully saturated rings. The van der Waals surface area contributed by atoms with E-state index in [9.17, 15) is 19.1 Å². The van der Waals surface area contributed by atoms with Gasteiger partial charge in [0.2, 0.25) is 0 Å². The molecule has 104 valence electrons. The predicted octanol–water partition coefficient (Wildman–Crippen LogP) is 2.96. The summed E-state index contributed by atoms with van der Waals surface area (Å²) < 4.78 is 13.6. The monoisotopic (exact) mass is 331 g/mol. The molecule has 0 radical (unpaired) electrons. The number of carbonyl (C=O) groups excluding carboxylic acids is 1. The molecule has 0 aliphatic carbocycles. The lowest BCUT2D eigenvalue weighted by atomic mass is 9.96. The van der Waals surface area contributed by atoms with Crippen LogP contribution in [0.4, 0.5) is 4.39 Å². The highest BCUT2D eigenvalue weighted by Gasteiger charge is 2.34. The normalized spacial score (nSPS) is 13.7. The number of aliphatic carboxylic acids is 1. The van der Waals surface area contributed by atoms with Gasteiger partial charge in [0.05, 0.1) is 0 Å². The van der Waals surface area contributed by atoms with Crippen LogP contribution in [0.15, 0.2) is 22.7 Å². The number of carboxylic acids is 1. The molecule has 0 spiro atoms. The van der Waals surface area contributed by atoms with E-state index in [0.29, 0.717) is 17.3 Å². The lowest BCUT2D eigenvalue weighted by Crippen LogP contribution is -2.52. The first kappa shape index (κ1) is 15.6. The van der Waals surface area contributed by atoms with Gasteiger partial charge < -0.3 is 10.4 Å². The average Bonchev–Trinajstić information content (AvgIpc) is 2.27. The number of benzene rings is 1. The maximum atomic E-state index is 13.2. The van der Waals surface area contributed by atoms with E-state index >= 15 is 0 Å². The van der Waals surface area contributed by atoms with Gasteiger partial charge >= 0.3 is 5.97 Å². The average molecular weight is 332 g/mol. The molecule has 0 aliphatic heterocycles. The standard InChI is InChI=1S/C13H15BrFNO3/c1-3-4-13(2,12(18)19)16-11(17)8-5-9(14)7-10(15)6-8/h5-7H,3-4H2,1-2H3,(H,16,17)(H,18,19). The molecular weight excluding hydrogens is 317 g/mol. The zero-order chi connectivity index (χ0) is 14.6. The molecule has 1 amide bonds. The number of amides is 1. The van der Waals surface area contributed by atoms with Crippen LogP contribution in [0.3, 0.4) is 0 Å². The third-order valence-electron chi connectivity index (χ3n) is 2.74. The highest BCUT2D eigenvalue weighted by atomic mass is 79.9. The van der Waals surface area contributed by atoms with Gasteiger partial charge in [-0.25, -0.2) is 9.18 Å². The number of nitrogens with one attached hydrogen (secondary N) is 1. The van der Waals surface area contributed by atoms with Crippen LogP contribution in [0, 0.1) is 5.82 Å². The molecule has 1 aromatic carbocycles. The first-order chi connectivity index (χ1) is 8.78. The van der Waals surface area contributed by atoms with E-state index in [-0.39, 0.29) is 5.56 Å². The summed E-state index contributed by atoms with van der Waals surface area (Å²) in [6.45, 7) is 3.26. The van der Waals surface area contributed by atoms with Crippen molar-refractivity contribution in [3.8, 4) is 0 Å². The van der Waals surface area contributed by atoms with Crippen molar-refractivity contribution < 1.29 is 19.1 Å². The van der Waals surface area contributed by atoms with Crippen LogP contribution in [-0.2, 0) is 4.79 Å². The van der Waals surface area contributed by atoms with Crippen molar-refractivity contribution in [2.75, 3.05) is 0 Å².